The maximum Gasteiger partial charge on any atom is 0.316 e. The molecule has 0 aliphatic heterocycles. The minimum absolute atomic E-state index is 0.1000. The molecule has 1 saturated carbocycles. The first-order chi connectivity index (χ1) is 9.54. The van der Waals surface area contributed by atoms with Gasteiger partial charge in [0.1, 0.15) is 5.75 Å². The molecular weight excluding hydrogens is 254 g/mol. The van der Waals surface area contributed by atoms with Gasteiger partial charge in [-0.2, -0.15) is 0 Å². The van der Waals surface area contributed by atoms with Crippen LogP contribution in [0.15, 0.2) is 24.3 Å². The average molecular weight is 277 g/mol. The molecule has 2 rings (SSSR count). The summed E-state index contributed by atoms with van der Waals surface area (Å²) in [6.45, 7) is 3.17. The molecule has 1 fully saturated rings. The molecule has 0 N–H and O–H groups in total. The quantitative estimate of drug-likeness (QED) is 0.746. The highest BCUT2D eigenvalue weighted by atomic mass is 16.5. The first-order valence-electron chi connectivity index (χ1n) is 7.01. The van der Waals surface area contributed by atoms with E-state index in [2.05, 4.69) is 4.90 Å². The van der Waals surface area contributed by atoms with Crippen molar-refractivity contribution >= 4 is 5.97 Å². The fourth-order valence-corrected chi connectivity index (χ4v) is 2.86. The fourth-order valence-electron chi connectivity index (χ4n) is 2.86. The number of carbonyl (C=O) groups excluding carboxylic acids is 1. The molecule has 1 aliphatic rings. The number of esters is 1. The lowest BCUT2D eigenvalue weighted by atomic mass is 9.93. The Hall–Kier alpha value is -1.55. The van der Waals surface area contributed by atoms with Crippen molar-refractivity contribution in [3.63, 3.8) is 0 Å². The molecule has 1 aromatic carbocycles. The molecule has 110 valence electrons. The van der Waals surface area contributed by atoms with E-state index < -0.39 is 5.41 Å². The van der Waals surface area contributed by atoms with E-state index in [-0.39, 0.29) is 5.97 Å². The van der Waals surface area contributed by atoms with Gasteiger partial charge >= 0.3 is 5.97 Å². The third kappa shape index (κ3) is 2.66. The Bertz CT molecular complexity index is 469. The summed E-state index contributed by atoms with van der Waals surface area (Å²) in [6.07, 6.45) is 0.857. The van der Waals surface area contributed by atoms with Crippen molar-refractivity contribution in [1.29, 1.82) is 0 Å². The molecule has 1 unspecified atom stereocenters. The van der Waals surface area contributed by atoms with Gasteiger partial charge in [0.15, 0.2) is 0 Å². The minimum Gasteiger partial charge on any atom is -0.497 e. The summed E-state index contributed by atoms with van der Waals surface area (Å²) in [7, 11) is 5.70. The molecule has 0 amide bonds. The van der Waals surface area contributed by atoms with Crippen LogP contribution in [-0.2, 0) is 14.9 Å². The van der Waals surface area contributed by atoms with Crippen molar-refractivity contribution in [3.05, 3.63) is 29.8 Å². The van der Waals surface area contributed by atoms with E-state index in [1.807, 2.05) is 45.3 Å². The molecule has 0 spiro atoms. The molecule has 0 aromatic heterocycles. The molecule has 0 bridgehead atoms. The van der Waals surface area contributed by atoms with Crippen LogP contribution in [0.1, 0.15) is 18.9 Å². The van der Waals surface area contributed by atoms with Gasteiger partial charge in [0, 0.05) is 6.54 Å². The van der Waals surface area contributed by atoms with Gasteiger partial charge in [-0.1, -0.05) is 12.1 Å². The molecular formula is C16H23NO3. The minimum atomic E-state index is -0.466. The van der Waals surface area contributed by atoms with Gasteiger partial charge in [0.05, 0.1) is 19.1 Å². The average Bonchev–Trinajstić information content (AvgIpc) is 3.13. The van der Waals surface area contributed by atoms with E-state index in [1.54, 1.807) is 7.11 Å². The van der Waals surface area contributed by atoms with Crippen molar-refractivity contribution in [1.82, 2.24) is 4.90 Å². The SMILES string of the molecule is CCOC(=O)[C@@]1(c2ccc(OC)cc2)CC1CN(C)C. The number of nitrogens with zero attached hydrogens (tertiary/aromatic N) is 1. The molecule has 20 heavy (non-hydrogen) atoms. The summed E-state index contributed by atoms with van der Waals surface area (Å²) in [5.41, 5.74) is 0.565. The fraction of sp³-hybridized carbons (Fsp3) is 0.562. The van der Waals surface area contributed by atoms with Gasteiger partial charge in [-0.15, -0.1) is 0 Å². The first kappa shape index (κ1) is 14.9. The Morgan fingerprint density at radius 1 is 1.35 bits per heavy atom. The Morgan fingerprint density at radius 3 is 2.50 bits per heavy atom. The number of benzene rings is 1. The molecule has 2 atom stereocenters. The predicted molar refractivity (Wildman–Crippen MR) is 78.0 cm³/mol. The van der Waals surface area contributed by atoms with E-state index in [0.29, 0.717) is 12.5 Å². The zero-order chi connectivity index (χ0) is 14.8. The monoisotopic (exact) mass is 277 g/mol. The maximum atomic E-state index is 12.4. The summed E-state index contributed by atoms with van der Waals surface area (Å²) < 4.78 is 10.5. The van der Waals surface area contributed by atoms with Crippen LogP contribution in [0, 0.1) is 5.92 Å². The van der Waals surface area contributed by atoms with Crippen molar-refractivity contribution < 1.29 is 14.3 Å². The van der Waals surface area contributed by atoms with E-state index in [0.717, 1.165) is 24.3 Å². The third-order valence-corrected chi connectivity index (χ3v) is 3.94. The topological polar surface area (TPSA) is 38.8 Å². The lowest BCUT2D eigenvalue weighted by Gasteiger charge is -2.18. The molecule has 4 nitrogen and oxygen atoms in total. The van der Waals surface area contributed by atoms with Gasteiger partial charge < -0.3 is 14.4 Å². The molecule has 4 heteroatoms. The number of hydrogen-bond acceptors (Lipinski definition) is 4. The van der Waals surface area contributed by atoms with E-state index >= 15 is 0 Å². The van der Waals surface area contributed by atoms with Crippen LogP contribution in [0.2, 0.25) is 0 Å². The van der Waals surface area contributed by atoms with Crippen molar-refractivity contribution in [3.8, 4) is 5.75 Å². The molecule has 0 heterocycles. The predicted octanol–water partition coefficient (Wildman–Crippen LogP) is 2.08. The summed E-state index contributed by atoms with van der Waals surface area (Å²) >= 11 is 0. The molecule has 0 saturated heterocycles. The summed E-state index contributed by atoms with van der Waals surface area (Å²) in [5, 5.41) is 0. The van der Waals surface area contributed by atoms with E-state index in [4.69, 9.17) is 9.47 Å². The lowest BCUT2D eigenvalue weighted by molar-refractivity contribution is -0.146. The molecule has 1 aliphatic carbocycles. The van der Waals surface area contributed by atoms with E-state index in [1.165, 1.54) is 0 Å². The van der Waals surface area contributed by atoms with Gasteiger partial charge in [-0.05, 0) is 51.1 Å². The number of carbonyl (C=O) groups is 1. The highest BCUT2D eigenvalue weighted by molar-refractivity contribution is 5.87. The van der Waals surface area contributed by atoms with Crippen LogP contribution in [0.25, 0.3) is 0 Å². The Kier molecular flexibility index (Phi) is 4.33. The Balaban J connectivity index is 2.25. The van der Waals surface area contributed by atoms with Crippen molar-refractivity contribution in [2.75, 3.05) is 34.4 Å². The second-order valence-electron chi connectivity index (χ2n) is 5.58. The van der Waals surface area contributed by atoms with Gasteiger partial charge in [-0.3, -0.25) is 4.79 Å². The second kappa shape index (κ2) is 5.83. The van der Waals surface area contributed by atoms with Crippen LogP contribution in [0.5, 0.6) is 5.75 Å². The highest BCUT2D eigenvalue weighted by Crippen LogP contribution is 2.55. The zero-order valence-electron chi connectivity index (χ0n) is 12.7. The largest absolute Gasteiger partial charge is 0.497 e. The van der Waals surface area contributed by atoms with Gasteiger partial charge in [-0.25, -0.2) is 0 Å². The van der Waals surface area contributed by atoms with Gasteiger partial charge in [0.25, 0.3) is 0 Å². The van der Waals surface area contributed by atoms with Crippen LogP contribution < -0.4 is 4.74 Å². The van der Waals surface area contributed by atoms with Crippen LogP contribution >= 0.6 is 0 Å². The van der Waals surface area contributed by atoms with Crippen LogP contribution in [-0.4, -0.2) is 45.2 Å². The smallest absolute Gasteiger partial charge is 0.316 e. The maximum absolute atomic E-state index is 12.4. The summed E-state index contributed by atoms with van der Waals surface area (Å²) in [4.78, 5) is 14.5. The summed E-state index contributed by atoms with van der Waals surface area (Å²) in [5.74, 6) is 1.03. The van der Waals surface area contributed by atoms with Crippen LogP contribution in [0.4, 0.5) is 0 Å². The zero-order valence-corrected chi connectivity index (χ0v) is 12.7. The number of ether oxygens (including phenoxy) is 2. The Morgan fingerprint density at radius 2 is 2.00 bits per heavy atom. The number of rotatable bonds is 6. The second-order valence-corrected chi connectivity index (χ2v) is 5.58. The number of hydrogen-bond donors (Lipinski definition) is 0. The van der Waals surface area contributed by atoms with Crippen molar-refractivity contribution in [2.45, 2.75) is 18.8 Å². The molecule has 1 aromatic rings. The normalized spacial score (nSPS) is 24.6. The van der Waals surface area contributed by atoms with Crippen molar-refractivity contribution in [2.24, 2.45) is 5.92 Å². The number of methoxy groups -OCH3 is 1. The van der Waals surface area contributed by atoms with E-state index in [9.17, 15) is 4.79 Å². The highest BCUT2D eigenvalue weighted by Gasteiger charge is 2.62. The third-order valence-electron chi connectivity index (χ3n) is 3.94. The lowest BCUT2D eigenvalue weighted by Crippen LogP contribution is -2.29. The standard InChI is InChI=1S/C16H23NO3/c1-5-20-15(18)16(10-13(16)11-17(2)3)12-6-8-14(19-4)9-7-12/h6-9,13H,5,10-11H2,1-4H3/t13?,16-/m1/s1. The first-order valence-corrected chi connectivity index (χ1v) is 7.01. The van der Waals surface area contributed by atoms with Gasteiger partial charge in [0.2, 0.25) is 0 Å². The Labute approximate surface area is 120 Å². The summed E-state index contributed by atoms with van der Waals surface area (Å²) in [6, 6.07) is 7.76. The van der Waals surface area contributed by atoms with Crippen LogP contribution in [0.3, 0.4) is 0 Å². The molecule has 0 radical (unpaired) electrons.